The Balaban J connectivity index is 2.12. The zero-order valence-corrected chi connectivity index (χ0v) is 12.5. The molecule has 100 valence electrons. The zero-order chi connectivity index (χ0) is 13.8. The van der Waals surface area contributed by atoms with Crippen LogP contribution in [0, 0.1) is 6.92 Å². The van der Waals surface area contributed by atoms with Gasteiger partial charge in [0.1, 0.15) is 5.75 Å². The second-order valence-corrected chi connectivity index (χ2v) is 5.28. The molecule has 1 aromatic heterocycles. The molecule has 4 heteroatoms. The fourth-order valence-corrected chi connectivity index (χ4v) is 2.44. The molecule has 0 fully saturated rings. The van der Waals surface area contributed by atoms with E-state index in [1.165, 1.54) is 0 Å². The van der Waals surface area contributed by atoms with Crippen LogP contribution in [-0.4, -0.2) is 17.2 Å². The third-order valence-electron chi connectivity index (χ3n) is 2.96. The minimum atomic E-state index is -0.548. The lowest BCUT2D eigenvalue weighted by Gasteiger charge is -2.12. The van der Waals surface area contributed by atoms with Gasteiger partial charge in [-0.05, 0) is 52.2 Å². The number of methoxy groups -OCH3 is 1. The lowest BCUT2D eigenvalue weighted by Crippen LogP contribution is -2.02. The Kier molecular flexibility index (Phi) is 4.56. The fourth-order valence-electron chi connectivity index (χ4n) is 1.85. The van der Waals surface area contributed by atoms with Crippen LogP contribution in [0.5, 0.6) is 5.75 Å². The van der Waals surface area contributed by atoms with Gasteiger partial charge < -0.3 is 9.84 Å². The van der Waals surface area contributed by atoms with E-state index in [0.29, 0.717) is 6.42 Å². The molecule has 1 N–H and O–H groups in total. The predicted octanol–water partition coefficient (Wildman–Crippen LogP) is 3.44. The van der Waals surface area contributed by atoms with Crippen LogP contribution in [0.4, 0.5) is 0 Å². The summed E-state index contributed by atoms with van der Waals surface area (Å²) in [4.78, 5) is 4.20. The monoisotopic (exact) mass is 321 g/mol. The van der Waals surface area contributed by atoms with Gasteiger partial charge >= 0.3 is 0 Å². The predicted molar refractivity (Wildman–Crippen MR) is 78.3 cm³/mol. The number of nitrogens with zero attached hydrogens (tertiary/aromatic N) is 1. The maximum atomic E-state index is 10.2. The number of aryl methyl sites for hydroxylation is 1. The van der Waals surface area contributed by atoms with Crippen molar-refractivity contribution in [2.75, 3.05) is 7.11 Å². The summed E-state index contributed by atoms with van der Waals surface area (Å²) >= 11 is 3.44. The van der Waals surface area contributed by atoms with E-state index in [9.17, 15) is 5.11 Å². The van der Waals surface area contributed by atoms with Crippen molar-refractivity contribution in [2.45, 2.75) is 19.4 Å². The first-order valence-corrected chi connectivity index (χ1v) is 6.82. The van der Waals surface area contributed by atoms with Gasteiger partial charge in [-0.2, -0.15) is 0 Å². The number of halogens is 1. The van der Waals surface area contributed by atoms with Crippen molar-refractivity contribution in [3.05, 3.63) is 57.8 Å². The molecule has 0 aliphatic heterocycles. The van der Waals surface area contributed by atoms with Crippen LogP contribution >= 0.6 is 15.9 Å². The van der Waals surface area contributed by atoms with Gasteiger partial charge in [0.15, 0.2) is 0 Å². The highest BCUT2D eigenvalue weighted by atomic mass is 79.9. The first-order valence-electron chi connectivity index (χ1n) is 6.03. The molecule has 0 aliphatic carbocycles. The quantitative estimate of drug-likeness (QED) is 0.938. The van der Waals surface area contributed by atoms with Crippen molar-refractivity contribution in [1.82, 2.24) is 4.98 Å². The van der Waals surface area contributed by atoms with E-state index >= 15 is 0 Å². The molecule has 3 nitrogen and oxygen atoms in total. The molecule has 1 atom stereocenters. The number of benzene rings is 1. The molecule has 0 bridgehead atoms. The first-order chi connectivity index (χ1) is 9.10. The van der Waals surface area contributed by atoms with Crippen LogP contribution in [0.2, 0.25) is 0 Å². The van der Waals surface area contributed by atoms with Gasteiger partial charge in [0.05, 0.1) is 17.7 Å². The Labute approximate surface area is 121 Å². The van der Waals surface area contributed by atoms with Gasteiger partial charge in [-0.15, -0.1) is 0 Å². The van der Waals surface area contributed by atoms with Crippen molar-refractivity contribution < 1.29 is 9.84 Å². The van der Waals surface area contributed by atoms with Crippen molar-refractivity contribution in [3.8, 4) is 5.75 Å². The largest absolute Gasteiger partial charge is 0.496 e. The SMILES string of the molecule is COc1ccc(CC(O)c2ccc(C)nc2)cc1Br. The Hall–Kier alpha value is -1.39. The minimum absolute atomic E-state index is 0.548. The van der Waals surface area contributed by atoms with E-state index in [-0.39, 0.29) is 0 Å². The molecule has 0 saturated heterocycles. The van der Waals surface area contributed by atoms with E-state index in [2.05, 4.69) is 20.9 Å². The molecule has 1 heterocycles. The number of rotatable bonds is 4. The third-order valence-corrected chi connectivity index (χ3v) is 3.58. The summed E-state index contributed by atoms with van der Waals surface area (Å²) in [6.07, 6.45) is 1.72. The molecule has 0 saturated carbocycles. The van der Waals surface area contributed by atoms with E-state index in [1.54, 1.807) is 13.3 Å². The van der Waals surface area contributed by atoms with Crippen LogP contribution in [-0.2, 0) is 6.42 Å². The molecule has 1 unspecified atom stereocenters. The Bertz CT molecular complexity index is 555. The molecule has 0 spiro atoms. The average molecular weight is 322 g/mol. The standard InChI is InChI=1S/C15H16BrNO2/c1-10-3-5-12(9-17-10)14(18)8-11-4-6-15(19-2)13(16)7-11/h3-7,9,14,18H,8H2,1-2H3. The summed E-state index contributed by atoms with van der Waals surface area (Å²) in [6, 6.07) is 9.62. The maximum absolute atomic E-state index is 10.2. The number of aliphatic hydroxyl groups is 1. The topological polar surface area (TPSA) is 42.4 Å². The number of aliphatic hydroxyl groups excluding tert-OH is 1. The summed E-state index contributed by atoms with van der Waals surface area (Å²) in [5.41, 5.74) is 2.82. The smallest absolute Gasteiger partial charge is 0.133 e. The molecule has 2 rings (SSSR count). The number of aromatic nitrogens is 1. The molecule has 0 radical (unpaired) electrons. The highest BCUT2D eigenvalue weighted by Gasteiger charge is 2.10. The average Bonchev–Trinajstić information content (AvgIpc) is 2.39. The van der Waals surface area contributed by atoms with Gasteiger partial charge in [0, 0.05) is 18.3 Å². The molecule has 2 aromatic rings. The van der Waals surface area contributed by atoms with Crippen molar-refractivity contribution >= 4 is 15.9 Å². The Morgan fingerprint density at radius 1 is 1.32 bits per heavy atom. The molecular formula is C15H16BrNO2. The zero-order valence-electron chi connectivity index (χ0n) is 10.9. The van der Waals surface area contributed by atoms with E-state index in [4.69, 9.17) is 4.74 Å². The van der Waals surface area contributed by atoms with Gasteiger partial charge in [-0.3, -0.25) is 4.98 Å². The molecule has 0 amide bonds. The maximum Gasteiger partial charge on any atom is 0.133 e. The summed E-state index contributed by atoms with van der Waals surface area (Å²) in [7, 11) is 1.63. The van der Waals surface area contributed by atoms with Gasteiger partial charge in [0.2, 0.25) is 0 Å². The molecular weight excluding hydrogens is 306 g/mol. The van der Waals surface area contributed by atoms with E-state index in [1.807, 2.05) is 37.3 Å². The minimum Gasteiger partial charge on any atom is -0.496 e. The van der Waals surface area contributed by atoms with Crippen molar-refractivity contribution in [2.24, 2.45) is 0 Å². The number of hydrogen-bond donors (Lipinski definition) is 1. The summed E-state index contributed by atoms with van der Waals surface area (Å²) in [5.74, 6) is 0.787. The summed E-state index contributed by atoms with van der Waals surface area (Å²) in [6.45, 7) is 1.93. The van der Waals surface area contributed by atoms with E-state index < -0.39 is 6.10 Å². The van der Waals surface area contributed by atoms with Crippen LogP contribution < -0.4 is 4.74 Å². The number of pyridine rings is 1. The summed E-state index contributed by atoms with van der Waals surface area (Å²) in [5, 5.41) is 10.2. The molecule has 1 aromatic carbocycles. The van der Waals surface area contributed by atoms with Crippen molar-refractivity contribution in [3.63, 3.8) is 0 Å². The normalized spacial score (nSPS) is 12.2. The van der Waals surface area contributed by atoms with Crippen LogP contribution in [0.25, 0.3) is 0 Å². The highest BCUT2D eigenvalue weighted by molar-refractivity contribution is 9.10. The number of ether oxygens (including phenoxy) is 1. The van der Waals surface area contributed by atoms with Crippen LogP contribution in [0.1, 0.15) is 22.9 Å². The third kappa shape index (κ3) is 3.55. The van der Waals surface area contributed by atoms with E-state index in [0.717, 1.165) is 27.0 Å². The van der Waals surface area contributed by atoms with Gasteiger partial charge in [0.25, 0.3) is 0 Å². The number of hydrogen-bond acceptors (Lipinski definition) is 3. The molecule has 19 heavy (non-hydrogen) atoms. The van der Waals surface area contributed by atoms with Gasteiger partial charge in [-0.25, -0.2) is 0 Å². The summed E-state index contributed by atoms with van der Waals surface area (Å²) < 4.78 is 6.07. The Morgan fingerprint density at radius 3 is 2.68 bits per heavy atom. The second kappa shape index (κ2) is 6.17. The van der Waals surface area contributed by atoms with Crippen molar-refractivity contribution in [1.29, 1.82) is 0 Å². The fraction of sp³-hybridized carbons (Fsp3) is 0.267. The Morgan fingerprint density at radius 2 is 2.11 bits per heavy atom. The highest BCUT2D eigenvalue weighted by Crippen LogP contribution is 2.27. The van der Waals surface area contributed by atoms with Gasteiger partial charge in [-0.1, -0.05) is 12.1 Å². The molecule has 0 aliphatic rings. The van der Waals surface area contributed by atoms with Crippen LogP contribution in [0.3, 0.4) is 0 Å². The first kappa shape index (κ1) is 14.0. The lowest BCUT2D eigenvalue weighted by atomic mass is 10.0. The lowest BCUT2D eigenvalue weighted by molar-refractivity contribution is 0.178. The second-order valence-electron chi connectivity index (χ2n) is 4.42. The van der Waals surface area contributed by atoms with Crippen LogP contribution in [0.15, 0.2) is 41.0 Å².